The summed E-state index contributed by atoms with van der Waals surface area (Å²) in [4.78, 5) is 46.5. The summed E-state index contributed by atoms with van der Waals surface area (Å²) in [6, 6.07) is 0. The molecule has 0 radical (unpaired) electrons. The topological polar surface area (TPSA) is 147 Å². The first-order valence-corrected chi connectivity index (χ1v) is 11.5. The van der Waals surface area contributed by atoms with Crippen LogP contribution in [0.1, 0.15) is 34.1 Å². The average molecular weight is 482 g/mol. The Balaban J connectivity index is 3.33. The molecular formula is C18H27NO10S2. The van der Waals surface area contributed by atoms with Gasteiger partial charge in [0.1, 0.15) is 23.2 Å². The lowest BCUT2D eigenvalue weighted by molar-refractivity contribution is -0.237. The monoisotopic (exact) mass is 481 g/mol. The SMILES string of the molecule is CSCC/C(=N/O)S[C@@H]1O[C@H](COC(C)=O)[C@@H](OC(C)=O)[C@H](OC(C)=O)[C@H]1OC(C)=O. The van der Waals surface area contributed by atoms with E-state index < -0.39 is 53.7 Å². The van der Waals surface area contributed by atoms with Crippen LogP contribution in [0.2, 0.25) is 0 Å². The first-order chi connectivity index (χ1) is 14.6. The lowest BCUT2D eigenvalue weighted by Crippen LogP contribution is -2.61. The van der Waals surface area contributed by atoms with E-state index in [0.717, 1.165) is 32.5 Å². The van der Waals surface area contributed by atoms with E-state index in [1.165, 1.54) is 18.7 Å². The number of carbonyl (C=O) groups is 4. The number of hydrogen-bond donors (Lipinski definition) is 1. The summed E-state index contributed by atoms with van der Waals surface area (Å²) in [5.74, 6) is -2.06. The lowest BCUT2D eigenvalue weighted by Gasteiger charge is -2.44. The van der Waals surface area contributed by atoms with Gasteiger partial charge in [0.15, 0.2) is 18.3 Å². The van der Waals surface area contributed by atoms with Crippen LogP contribution in [0.4, 0.5) is 0 Å². The van der Waals surface area contributed by atoms with Gasteiger partial charge >= 0.3 is 23.9 Å². The maximum atomic E-state index is 11.8. The smallest absolute Gasteiger partial charge is 0.303 e. The Morgan fingerprint density at radius 2 is 1.45 bits per heavy atom. The highest BCUT2D eigenvalue weighted by Crippen LogP contribution is 2.35. The van der Waals surface area contributed by atoms with E-state index in [9.17, 15) is 24.4 Å². The van der Waals surface area contributed by atoms with Crippen LogP contribution in [0, 0.1) is 0 Å². The summed E-state index contributed by atoms with van der Waals surface area (Å²) >= 11 is 2.49. The Morgan fingerprint density at radius 3 is 1.94 bits per heavy atom. The van der Waals surface area contributed by atoms with E-state index >= 15 is 0 Å². The van der Waals surface area contributed by atoms with Crippen molar-refractivity contribution < 1.29 is 48.1 Å². The van der Waals surface area contributed by atoms with E-state index in [2.05, 4.69) is 5.16 Å². The highest BCUT2D eigenvalue weighted by Gasteiger charge is 2.52. The molecule has 0 bridgehead atoms. The fraction of sp³-hybridized carbons (Fsp3) is 0.722. The molecule has 31 heavy (non-hydrogen) atoms. The van der Waals surface area contributed by atoms with Gasteiger partial charge in [-0.05, 0) is 12.0 Å². The molecule has 5 atom stereocenters. The Kier molecular flexibility index (Phi) is 11.7. The maximum Gasteiger partial charge on any atom is 0.303 e. The Morgan fingerprint density at radius 1 is 0.903 bits per heavy atom. The minimum absolute atomic E-state index is 0.287. The van der Waals surface area contributed by atoms with Gasteiger partial charge in [0, 0.05) is 34.1 Å². The minimum Gasteiger partial charge on any atom is -0.463 e. The van der Waals surface area contributed by atoms with Crippen LogP contribution in [0.25, 0.3) is 0 Å². The highest BCUT2D eigenvalue weighted by atomic mass is 32.2. The summed E-state index contributed by atoms with van der Waals surface area (Å²) in [6.45, 7) is 4.33. The number of rotatable bonds is 9. The molecule has 11 nitrogen and oxygen atoms in total. The second-order valence-corrected chi connectivity index (χ2v) is 8.58. The molecule has 1 fully saturated rings. The molecule has 1 aliphatic rings. The first-order valence-electron chi connectivity index (χ1n) is 9.26. The van der Waals surface area contributed by atoms with Gasteiger partial charge in [0.05, 0.1) is 0 Å². The molecule has 1 heterocycles. The van der Waals surface area contributed by atoms with E-state index in [1.54, 1.807) is 0 Å². The summed E-state index contributed by atoms with van der Waals surface area (Å²) in [7, 11) is 0. The van der Waals surface area contributed by atoms with Gasteiger partial charge in [-0.15, -0.1) is 0 Å². The zero-order chi connectivity index (χ0) is 23.6. The van der Waals surface area contributed by atoms with Gasteiger partial charge in [-0.2, -0.15) is 11.8 Å². The second-order valence-electron chi connectivity index (χ2n) is 6.42. The quantitative estimate of drug-likeness (QED) is 0.127. The van der Waals surface area contributed by atoms with Crippen LogP contribution in [-0.4, -0.2) is 82.6 Å². The van der Waals surface area contributed by atoms with Crippen molar-refractivity contribution in [2.75, 3.05) is 18.6 Å². The summed E-state index contributed by atoms with van der Waals surface area (Å²) < 4.78 is 26.9. The van der Waals surface area contributed by atoms with Crippen molar-refractivity contribution in [3.05, 3.63) is 0 Å². The predicted octanol–water partition coefficient (Wildman–Crippen LogP) is 1.34. The van der Waals surface area contributed by atoms with Gasteiger partial charge < -0.3 is 28.9 Å². The minimum atomic E-state index is -1.25. The predicted molar refractivity (Wildman–Crippen MR) is 112 cm³/mol. The highest BCUT2D eigenvalue weighted by molar-refractivity contribution is 8.14. The Hall–Kier alpha value is -1.99. The van der Waals surface area contributed by atoms with Crippen molar-refractivity contribution in [1.29, 1.82) is 0 Å². The van der Waals surface area contributed by atoms with Gasteiger partial charge in [0.2, 0.25) is 0 Å². The van der Waals surface area contributed by atoms with Crippen molar-refractivity contribution in [1.82, 2.24) is 0 Å². The Labute approximate surface area is 188 Å². The fourth-order valence-corrected chi connectivity index (χ4v) is 4.34. The molecular weight excluding hydrogens is 454 g/mol. The van der Waals surface area contributed by atoms with Crippen LogP contribution >= 0.6 is 23.5 Å². The number of carbonyl (C=O) groups excluding carboxylic acids is 4. The van der Waals surface area contributed by atoms with Crippen LogP contribution in [-0.2, 0) is 42.9 Å². The largest absolute Gasteiger partial charge is 0.463 e. The van der Waals surface area contributed by atoms with Crippen molar-refractivity contribution >= 4 is 52.4 Å². The van der Waals surface area contributed by atoms with Gasteiger partial charge in [-0.25, -0.2) is 0 Å². The molecule has 1 N–H and O–H groups in total. The molecule has 0 aliphatic carbocycles. The number of esters is 4. The van der Waals surface area contributed by atoms with E-state index in [-0.39, 0.29) is 11.7 Å². The van der Waals surface area contributed by atoms with Crippen molar-refractivity contribution in [3.8, 4) is 0 Å². The number of nitrogens with zero attached hydrogens (tertiary/aromatic N) is 1. The third-order valence-electron chi connectivity index (χ3n) is 3.83. The molecule has 13 heteroatoms. The first kappa shape index (κ1) is 27.0. The van der Waals surface area contributed by atoms with Crippen LogP contribution in [0.3, 0.4) is 0 Å². The molecule has 0 unspecified atom stereocenters. The van der Waals surface area contributed by atoms with E-state index in [0.29, 0.717) is 12.2 Å². The number of hydrogen-bond acceptors (Lipinski definition) is 13. The van der Waals surface area contributed by atoms with Crippen molar-refractivity contribution in [3.63, 3.8) is 0 Å². The molecule has 0 amide bonds. The molecule has 1 rings (SSSR count). The molecule has 1 saturated heterocycles. The zero-order valence-electron chi connectivity index (χ0n) is 17.9. The van der Waals surface area contributed by atoms with Crippen LogP contribution in [0.15, 0.2) is 5.16 Å². The maximum absolute atomic E-state index is 11.8. The molecule has 0 saturated carbocycles. The van der Waals surface area contributed by atoms with E-state index in [1.807, 2.05) is 6.26 Å². The standard InChI is InChI=1S/C18H27NO10S2/c1-9(20)25-8-13-15(26-10(2)21)16(27-11(3)22)17(28-12(4)23)18(29-13)31-14(19-24)6-7-30-5/h13,15-18,24H,6-8H2,1-5H3/b19-14-/t13-,15-,16+,17-,18+/m1/s1. The van der Waals surface area contributed by atoms with E-state index in [4.69, 9.17) is 23.7 Å². The Bertz CT molecular complexity index is 686. The molecule has 0 aromatic carbocycles. The summed E-state index contributed by atoms with van der Waals surface area (Å²) in [5.41, 5.74) is -1.01. The second kappa shape index (κ2) is 13.4. The molecule has 0 aromatic rings. The number of oxime groups is 1. The summed E-state index contributed by atoms with van der Waals surface area (Å²) in [5, 5.41) is 12.9. The molecule has 1 aliphatic heterocycles. The normalized spacial score (nSPS) is 26.0. The van der Waals surface area contributed by atoms with Gasteiger partial charge in [-0.3, -0.25) is 19.2 Å². The average Bonchev–Trinajstić information content (AvgIpc) is 2.66. The van der Waals surface area contributed by atoms with Crippen molar-refractivity contribution in [2.45, 2.75) is 64.0 Å². The van der Waals surface area contributed by atoms with Gasteiger partial charge in [0.25, 0.3) is 0 Å². The molecule has 176 valence electrons. The third kappa shape index (κ3) is 9.35. The number of ether oxygens (including phenoxy) is 5. The zero-order valence-corrected chi connectivity index (χ0v) is 19.5. The summed E-state index contributed by atoms with van der Waals surface area (Å²) in [6.07, 6.45) is -2.43. The molecule has 0 spiro atoms. The van der Waals surface area contributed by atoms with Gasteiger partial charge in [-0.1, -0.05) is 16.9 Å². The lowest BCUT2D eigenvalue weighted by atomic mass is 9.99. The van der Waals surface area contributed by atoms with Crippen LogP contribution < -0.4 is 0 Å². The fourth-order valence-electron chi connectivity index (χ4n) is 2.74. The van der Waals surface area contributed by atoms with Crippen molar-refractivity contribution in [2.24, 2.45) is 5.16 Å². The third-order valence-corrected chi connectivity index (χ3v) is 5.61. The van der Waals surface area contributed by atoms with Crippen LogP contribution in [0.5, 0.6) is 0 Å². The molecule has 0 aromatic heterocycles. The number of thioether (sulfide) groups is 2.